The van der Waals surface area contributed by atoms with Gasteiger partial charge in [-0.15, -0.1) is 0 Å². The molecule has 0 spiro atoms. The van der Waals surface area contributed by atoms with Crippen molar-refractivity contribution in [2.24, 2.45) is 0 Å². The SMILES string of the molecule is Cc1cc(NC(=O)C(C)n2ccc(C(=O)O)n2)nn1Cc1ccccc1Cl. The summed E-state index contributed by atoms with van der Waals surface area (Å²) in [5, 5.41) is 20.6. The lowest BCUT2D eigenvalue weighted by molar-refractivity contribution is -0.119. The van der Waals surface area contributed by atoms with Crippen molar-refractivity contribution in [1.29, 1.82) is 0 Å². The number of aromatic nitrogens is 4. The predicted molar refractivity (Wildman–Crippen MR) is 100 cm³/mol. The zero-order chi connectivity index (χ0) is 19.6. The molecule has 9 heteroatoms. The summed E-state index contributed by atoms with van der Waals surface area (Å²) in [7, 11) is 0. The van der Waals surface area contributed by atoms with E-state index < -0.39 is 12.0 Å². The van der Waals surface area contributed by atoms with Gasteiger partial charge in [0.05, 0.1) is 6.54 Å². The maximum Gasteiger partial charge on any atom is 0.356 e. The number of carbonyl (C=O) groups excluding carboxylic acids is 1. The highest BCUT2D eigenvalue weighted by atomic mass is 35.5. The zero-order valence-corrected chi connectivity index (χ0v) is 15.5. The summed E-state index contributed by atoms with van der Waals surface area (Å²) in [5.74, 6) is -1.09. The molecule has 0 aliphatic heterocycles. The predicted octanol–water partition coefficient (Wildman–Crippen LogP) is 2.99. The molecular formula is C18H18ClN5O3. The molecule has 0 saturated heterocycles. The summed E-state index contributed by atoms with van der Waals surface area (Å²) in [5.41, 5.74) is 1.67. The summed E-state index contributed by atoms with van der Waals surface area (Å²) < 4.78 is 3.05. The number of nitrogens with zero attached hydrogens (tertiary/aromatic N) is 4. The standard InChI is InChI=1S/C18H18ClN5O3/c1-11-9-16(22-24(11)10-13-5-3-4-6-14(13)19)20-17(25)12(2)23-8-7-15(21-23)18(26)27/h3-9,12H,10H2,1-2H3,(H,26,27)(H,20,22,25). The second-order valence-corrected chi connectivity index (χ2v) is 6.48. The molecule has 27 heavy (non-hydrogen) atoms. The third-order valence-corrected chi connectivity index (χ3v) is 4.48. The Morgan fingerprint density at radius 1 is 1.26 bits per heavy atom. The van der Waals surface area contributed by atoms with E-state index in [0.29, 0.717) is 17.4 Å². The van der Waals surface area contributed by atoms with E-state index in [1.165, 1.54) is 16.9 Å². The molecule has 0 aliphatic carbocycles. The van der Waals surface area contributed by atoms with E-state index in [1.807, 2.05) is 31.2 Å². The second-order valence-electron chi connectivity index (χ2n) is 6.07. The fourth-order valence-corrected chi connectivity index (χ4v) is 2.73. The molecule has 2 N–H and O–H groups in total. The summed E-state index contributed by atoms with van der Waals surface area (Å²) in [6, 6.07) is 9.91. The maximum absolute atomic E-state index is 12.4. The van der Waals surface area contributed by atoms with Crippen molar-refractivity contribution in [1.82, 2.24) is 19.6 Å². The van der Waals surface area contributed by atoms with Crippen LogP contribution in [-0.2, 0) is 11.3 Å². The molecule has 0 saturated carbocycles. The molecule has 2 aromatic heterocycles. The zero-order valence-electron chi connectivity index (χ0n) is 14.8. The van der Waals surface area contributed by atoms with Crippen LogP contribution in [0.2, 0.25) is 5.02 Å². The van der Waals surface area contributed by atoms with E-state index in [-0.39, 0.29) is 11.6 Å². The van der Waals surface area contributed by atoms with Crippen LogP contribution in [0, 0.1) is 6.92 Å². The highest BCUT2D eigenvalue weighted by Crippen LogP contribution is 2.18. The second kappa shape index (κ2) is 7.63. The van der Waals surface area contributed by atoms with Crippen molar-refractivity contribution in [2.75, 3.05) is 5.32 Å². The first-order valence-electron chi connectivity index (χ1n) is 8.22. The van der Waals surface area contributed by atoms with Gasteiger partial charge in [-0.2, -0.15) is 10.2 Å². The Morgan fingerprint density at radius 2 is 2.00 bits per heavy atom. The molecule has 0 aliphatic rings. The Morgan fingerprint density at radius 3 is 2.67 bits per heavy atom. The van der Waals surface area contributed by atoms with Gasteiger partial charge >= 0.3 is 5.97 Å². The lowest BCUT2D eigenvalue weighted by Gasteiger charge is -2.11. The average molecular weight is 388 g/mol. The number of halogens is 1. The normalized spacial score (nSPS) is 12.0. The van der Waals surface area contributed by atoms with Crippen LogP contribution >= 0.6 is 11.6 Å². The Balaban J connectivity index is 1.71. The molecule has 0 radical (unpaired) electrons. The summed E-state index contributed by atoms with van der Waals surface area (Å²) in [6.45, 7) is 4.00. The van der Waals surface area contributed by atoms with E-state index in [0.717, 1.165) is 11.3 Å². The first-order chi connectivity index (χ1) is 12.8. The van der Waals surface area contributed by atoms with Gasteiger partial charge in [0.1, 0.15) is 6.04 Å². The fourth-order valence-electron chi connectivity index (χ4n) is 2.54. The molecule has 0 fully saturated rings. The van der Waals surface area contributed by atoms with E-state index in [1.54, 1.807) is 17.7 Å². The van der Waals surface area contributed by atoms with Gasteiger partial charge in [0.15, 0.2) is 11.5 Å². The monoisotopic (exact) mass is 387 g/mol. The van der Waals surface area contributed by atoms with E-state index in [2.05, 4.69) is 15.5 Å². The van der Waals surface area contributed by atoms with Crippen LogP contribution in [0.25, 0.3) is 0 Å². The molecule has 3 aromatic rings. The van der Waals surface area contributed by atoms with Crippen LogP contribution in [0.5, 0.6) is 0 Å². The topological polar surface area (TPSA) is 102 Å². The van der Waals surface area contributed by atoms with Crippen LogP contribution < -0.4 is 5.32 Å². The quantitative estimate of drug-likeness (QED) is 0.677. The van der Waals surface area contributed by atoms with Gasteiger partial charge in [-0.1, -0.05) is 29.8 Å². The Labute approximate surface area is 160 Å². The molecule has 1 aromatic carbocycles. The van der Waals surface area contributed by atoms with Crippen molar-refractivity contribution in [2.45, 2.75) is 26.4 Å². The largest absolute Gasteiger partial charge is 0.476 e. The van der Waals surface area contributed by atoms with Gasteiger partial charge in [0, 0.05) is 23.0 Å². The first-order valence-corrected chi connectivity index (χ1v) is 8.60. The molecule has 2 heterocycles. The summed E-state index contributed by atoms with van der Waals surface area (Å²) in [6.07, 6.45) is 1.45. The number of nitrogens with one attached hydrogen (secondary N) is 1. The summed E-state index contributed by atoms with van der Waals surface area (Å²) >= 11 is 6.19. The van der Waals surface area contributed by atoms with Gasteiger partial charge in [-0.25, -0.2) is 4.79 Å². The third kappa shape index (κ3) is 4.17. The van der Waals surface area contributed by atoms with Crippen molar-refractivity contribution < 1.29 is 14.7 Å². The minimum absolute atomic E-state index is 0.116. The van der Waals surface area contributed by atoms with E-state index in [9.17, 15) is 9.59 Å². The Kier molecular flexibility index (Phi) is 5.27. The number of hydrogen-bond acceptors (Lipinski definition) is 4. The number of hydrogen-bond donors (Lipinski definition) is 2. The molecule has 1 amide bonds. The van der Waals surface area contributed by atoms with Crippen LogP contribution in [0.4, 0.5) is 5.82 Å². The molecule has 1 atom stereocenters. The highest BCUT2D eigenvalue weighted by Gasteiger charge is 2.19. The molecular weight excluding hydrogens is 370 g/mol. The highest BCUT2D eigenvalue weighted by molar-refractivity contribution is 6.31. The van der Waals surface area contributed by atoms with Gasteiger partial charge in [-0.05, 0) is 31.5 Å². The molecule has 8 nitrogen and oxygen atoms in total. The van der Waals surface area contributed by atoms with E-state index in [4.69, 9.17) is 16.7 Å². The van der Waals surface area contributed by atoms with Crippen LogP contribution in [0.3, 0.4) is 0 Å². The average Bonchev–Trinajstić information content (AvgIpc) is 3.24. The van der Waals surface area contributed by atoms with Crippen molar-refractivity contribution in [3.8, 4) is 0 Å². The van der Waals surface area contributed by atoms with Gasteiger partial charge in [-0.3, -0.25) is 14.2 Å². The Bertz CT molecular complexity index is 995. The van der Waals surface area contributed by atoms with Crippen molar-refractivity contribution in [3.63, 3.8) is 0 Å². The van der Waals surface area contributed by atoms with Crippen molar-refractivity contribution in [3.05, 3.63) is 64.6 Å². The molecule has 3 rings (SSSR count). The number of benzene rings is 1. The minimum atomic E-state index is -1.14. The van der Waals surface area contributed by atoms with Crippen molar-refractivity contribution >= 4 is 29.3 Å². The van der Waals surface area contributed by atoms with Gasteiger partial charge in [0.2, 0.25) is 5.91 Å². The third-order valence-electron chi connectivity index (χ3n) is 4.11. The molecule has 0 bridgehead atoms. The summed E-state index contributed by atoms with van der Waals surface area (Å²) in [4.78, 5) is 23.3. The van der Waals surface area contributed by atoms with Gasteiger partial charge < -0.3 is 10.4 Å². The molecule has 1 unspecified atom stereocenters. The number of anilines is 1. The number of carbonyl (C=O) groups is 2. The number of rotatable bonds is 6. The maximum atomic E-state index is 12.4. The minimum Gasteiger partial charge on any atom is -0.476 e. The van der Waals surface area contributed by atoms with E-state index >= 15 is 0 Å². The van der Waals surface area contributed by atoms with Gasteiger partial charge in [0.25, 0.3) is 0 Å². The number of carboxylic acid groups (broad SMARTS) is 1. The lowest BCUT2D eigenvalue weighted by Crippen LogP contribution is -2.24. The van der Waals surface area contributed by atoms with Crippen LogP contribution in [0.1, 0.15) is 34.7 Å². The first kappa shape index (κ1) is 18.7. The Hall–Kier alpha value is -3.13. The van der Waals surface area contributed by atoms with Crippen LogP contribution in [0.15, 0.2) is 42.6 Å². The number of amides is 1. The molecule has 140 valence electrons. The number of aromatic carboxylic acids is 1. The fraction of sp³-hybridized carbons (Fsp3) is 0.222. The number of aryl methyl sites for hydroxylation is 1. The smallest absolute Gasteiger partial charge is 0.356 e. The van der Waals surface area contributed by atoms with Crippen LogP contribution in [-0.4, -0.2) is 36.5 Å². The number of carboxylic acids is 1. The lowest BCUT2D eigenvalue weighted by atomic mass is 10.2.